The van der Waals surface area contributed by atoms with Crippen LogP contribution >= 0.6 is 11.6 Å². The Kier molecular flexibility index (Phi) is 5.90. The Labute approximate surface area is 163 Å². The molecule has 0 spiro atoms. The number of nitrogens with zero attached hydrogens (tertiary/aromatic N) is 1. The molecule has 0 atom stereocenters. The summed E-state index contributed by atoms with van der Waals surface area (Å²) in [5.74, 6) is -0.836. The number of carbonyl (C=O) groups excluding carboxylic acids is 2. The maximum absolute atomic E-state index is 12.7. The largest absolute Gasteiger partial charge is 0.433 e. The average Bonchev–Trinajstić information content (AvgIpc) is 3.16. The minimum atomic E-state index is -3.04. The Hall–Kier alpha value is -3.39. The van der Waals surface area contributed by atoms with Gasteiger partial charge in [0.15, 0.2) is 5.75 Å². The lowest BCUT2D eigenvalue weighted by atomic mass is 10.2. The van der Waals surface area contributed by atoms with E-state index in [9.17, 15) is 18.4 Å². The summed E-state index contributed by atoms with van der Waals surface area (Å²) in [5, 5.41) is 4.71. The third-order valence-corrected chi connectivity index (χ3v) is 3.99. The van der Waals surface area contributed by atoms with E-state index in [1.165, 1.54) is 30.3 Å². The van der Waals surface area contributed by atoms with Crippen LogP contribution in [-0.2, 0) is 0 Å². The van der Waals surface area contributed by atoms with Gasteiger partial charge in [0.25, 0.3) is 5.91 Å². The summed E-state index contributed by atoms with van der Waals surface area (Å²) in [5.41, 5.74) is 0.656. The molecule has 28 heavy (non-hydrogen) atoms. The van der Waals surface area contributed by atoms with Gasteiger partial charge < -0.3 is 14.6 Å². The summed E-state index contributed by atoms with van der Waals surface area (Å²) >= 11 is 5.92. The first kappa shape index (κ1) is 19.4. The molecule has 6 nitrogen and oxygen atoms in total. The molecular weight excluding hydrogens is 392 g/mol. The van der Waals surface area contributed by atoms with Crippen LogP contribution in [0.1, 0.15) is 10.4 Å². The third-order valence-electron chi connectivity index (χ3n) is 3.66. The molecule has 0 saturated carbocycles. The van der Waals surface area contributed by atoms with Crippen LogP contribution in [0.2, 0.25) is 5.02 Å². The zero-order valence-corrected chi connectivity index (χ0v) is 15.0. The van der Waals surface area contributed by atoms with E-state index < -0.39 is 18.5 Å². The number of hydrogen-bond acceptors (Lipinski definition) is 3. The highest BCUT2D eigenvalue weighted by Crippen LogP contribution is 2.28. The number of urea groups is 1. The summed E-state index contributed by atoms with van der Waals surface area (Å²) in [6.07, 6.45) is 3.32. The normalized spacial score (nSPS) is 10.6. The SMILES string of the molecule is O=C(NC(=O)c1ccccc1Cl)Nc1ccc(-n2cccc2)c(OC(F)F)c1. The van der Waals surface area contributed by atoms with E-state index in [0.29, 0.717) is 5.69 Å². The Bertz CT molecular complexity index is 994. The van der Waals surface area contributed by atoms with E-state index in [1.54, 1.807) is 41.2 Å². The Morgan fingerprint density at radius 2 is 1.75 bits per heavy atom. The number of anilines is 1. The van der Waals surface area contributed by atoms with Crippen LogP contribution in [0.3, 0.4) is 0 Å². The first-order valence-electron chi connectivity index (χ1n) is 8.03. The van der Waals surface area contributed by atoms with Gasteiger partial charge in [-0.1, -0.05) is 23.7 Å². The summed E-state index contributed by atoms with van der Waals surface area (Å²) in [4.78, 5) is 24.2. The molecule has 1 heterocycles. The van der Waals surface area contributed by atoms with Gasteiger partial charge in [0, 0.05) is 24.1 Å². The lowest BCUT2D eigenvalue weighted by Crippen LogP contribution is -2.34. The van der Waals surface area contributed by atoms with Crippen molar-refractivity contribution in [3.05, 3.63) is 77.6 Å². The van der Waals surface area contributed by atoms with Crippen LogP contribution in [-0.4, -0.2) is 23.1 Å². The van der Waals surface area contributed by atoms with Gasteiger partial charge >= 0.3 is 12.6 Å². The first-order valence-corrected chi connectivity index (χ1v) is 8.41. The second-order valence-corrected chi connectivity index (χ2v) is 5.95. The van der Waals surface area contributed by atoms with Crippen LogP contribution in [0.15, 0.2) is 67.0 Å². The standard InChI is InChI=1S/C19H14ClF2N3O3/c20-14-6-2-1-5-13(14)17(26)24-19(27)23-12-7-8-15(25-9-3-4-10-25)16(11-12)28-18(21)22/h1-11,18H,(H2,23,24,26,27). The van der Waals surface area contributed by atoms with Crippen molar-refractivity contribution in [1.82, 2.24) is 9.88 Å². The molecular formula is C19H14ClF2N3O3. The predicted molar refractivity (Wildman–Crippen MR) is 100 cm³/mol. The monoisotopic (exact) mass is 405 g/mol. The van der Waals surface area contributed by atoms with Gasteiger partial charge in [0.1, 0.15) is 0 Å². The van der Waals surface area contributed by atoms with Crippen molar-refractivity contribution in [3.8, 4) is 11.4 Å². The van der Waals surface area contributed by atoms with Gasteiger partial charge in [-0.25, -0.2) is 4.79 Å². The van der Waals surface area contributed by atoms with Crippen molar-refractivity contribution >= 4 is 29.2 Å². The maximum Gasteiger partial charge on any atom is 0.387 e. The second kappa shape index (κ2) is 8.53. The zero-order chi connectivity index (χ0) is 20.1. The number of amides is 3. The van der Waals surface area contributed by atoms with E-state index >= 15 is 0 Å². The van der Waals surface area contributed by atoms with Crippen LogP contribution in [0, 0.1) is 0 Å². The topological polar surface area (TPSA) is 72.4 Å². The van der Waals surface area contributed by atoms with Crippen LogP contribution in [0.25, 0.3) is 5.69 Å². The highest BCUT2D eigenvalue weighted by Gasteiger charge is 2.15. The van der Waals surface area contributed by atoms with Gasteiger partial charge in [-0.2, -0.15) is 8.78 Å². The van der Waals surface area contributed by atoms with Crippen molar-refractivity contribution in [2.24, 2.45) is 0 Å². The number of carbonyl (C=O) groups is 2. The van der Waals surface area contributed by atoms with Gasteiger partial charge in [0.2, 0.25) is 0 Å². The Morgan fingerprint density at radius 3 is 2.43 bits per heavy atom. The molecule has 0 unspecified atom stereocenters. The second-order valence-electron chi connectivity index (χ2n) is 5.54. The van der Waals surface area contributed by atoms with Gasteiger partial charge in [0.05, 0.1) is 16.3 Å². The Balaban J connectivity index is 1.75. The molecule has 144 valence electrons. The van der Waals surface area contributed by atoms with Crippen molar-refractivity contribution in [3.63, 3.8) is 0 Å². The smallest absolute Gasteiger partial charge is 0.387 e. The molecule has 0 aliphatic rings. The van der Waals surface area contributed by atoms with E-state index in [0.717, 1.165) is 0 Å². The summed E-state index contributed by atoms with van der Waals surface area (Å²) in [6, 6.07) is 13.1. The van der Waals surface area contributed by atoms with Gasteiger partial charge in [-0.15, -0.1) is 0 Å². The lowest BCUT2D eigenvalue weighted by Gasteiger charge is -2.14. The molecule has 0 fully saturated rings. The summed E-state index contributed by atoms with van der Waals surface area (Å²) < 4.78 is 31.6. The molecule has 0 bridgehead atoms. The predicted octanol–water partition coefficient (Wildman–Crippen LogP) is 4.69. The molecule has 0 aliphatic heterocycles. The molecule has 3 amide bonds. The number of aromatic nitrogens is 1. The van der Waals surface area contributed by atoms with Crippen LogP contribution in [0.4, 0.5) is 19.3 Å². The van der Waals surface area contributed by atoms with E-state index in [1.807, 2.05) is 0 Å². The fourth-order valence-electron chi connectivity index (χ4n) is 2.47. The number of benzene rings is 2. The lowest BCUT2D eigenvalue weighted by molar-refractivity contribution is -0.0498. The van der Waals surface area contributed by atoms with Crippen molar-refractivity contribution in [2.75, 3.05) is 5.32 Å². The quantitative estimate of drug-likeness (QED) is 0.646. The maximum atomic E-state index is 12.7. The van der Waals surface area contributed by atoms with Crippen molar-refractivity contribution < 1.29 is 23.1 Å². The van der Waals surface area contributed by atoms with E-state index in [-0.39, 0.29) is 22.0 Å². The highest BCUT2D eigenvalue weighted by molar-refractivity contribution is 6.34. The van der Waals surface area contributed by atoms with Crippen LogP contribution < -0.4 is 15.4 Å². The average molecular weight is 406 g/mol. The summed E-state index contributed by atoms with van der Waals surface area (Å²) in [7, 11) is 0. The number of ether oxygens (including phenoxy) is 1. The van der Waals surface area contributed by atoms with Crippen molar-refractivity contribution in [2.45, 2.75) is 6.61 Å². The van der Waals surface area contributed by atoms with E-state index in [4.69, 9.17) is 11.6 Å². The number of nitrogens with one attached hydrogen (secondary N) is 2. The number of halogens is 3. The molecule has 0 saturated heterocycles. The molecule has 1 aromatic heterocycles. The molecule has 2 aromatic carbocycles. The number of rotatable bonds is 5. The summed E-state index contributed by atoms with van der Waals surface area (Å²) in [6.45, 7) is -3.04. The Morgan fingerprint density at radius 1 is 1.04 bits per heavy atom. The molecule has 9 heteroatoms. The number of imide groups is 1. The molecule has 3 rings (SSSR count). The fraction of sp³-hybridized carbons (Fsp3) is 0.0526. The number of hydrogen-bond donors (Lipinski definition) is 2. The molecule has 0 radical (unpaired) electrons. The van der Waals surface area contributed by atoms with Crippen LogP contribution in [0.5, 0.6) is 5.75 Å². The van der Waals surface area contributed by atoms with Gasteiger partial charge in [-0.3, -0.25) is 10.1 Å². The minimum Gasteiger partial charge on any atom is -0.433 e. The minimum absolute atomic E-state index is 0.129. The highest BCUT2D eigenvalue weighted by atomic mass is 35.5. The molecule has 3 aromatic rings. The molecule has 0 aliphatic carbocycles. The fourth-order valence-corrected chi connectivity index (χ4v) is 2.69. The third kappa shape index (κ3) is 4.66. The molecule has 2 N–H and O–H groups in total. The zero-order valence-electron chi connectivity index (χ0n) is 14.2. The van der Waals surface area contributed by atoms with Gasteiger partial charge in [-0.05, 0) is 36.4 Å². The van der Waals surface area contributed by atoms with Crippen molar-refractivity contribution in [1.29, 1.82) is 0 Å². The van der Waals surface area contributed by atoms with E-state index in [2.05, 4.69) is 15.4 Å². The first-order chi connectivity index (χ1) is 13.4. The number of alkyl halides is 2.